The van der Waals surface area contributed by atoms with E-state index in [0.29, 0.717) is 11.4 Å². The van der Waals surface area contributed by atoms with Gasteiger partial charge in [0.05, 0.1) is 5.75 Å². The van der Waals surface area contributed by atoms with Gasteiger partial charge in [-0.3, -0.25) is 9.59 Å². The molecule has 6 heteroatoms. The third kappa shape index (κ3) is 5.82. The summed E-state index contributed by atoms with van der Waals surface area (Å²) >= 11 is 1.35. The highest BCUT2D eigenvalue weighted by atomic mass is 32.2. The van der Waals surface area contributed by atoms with Crippen LogP contribution >= 0.6 is 11.8 Å². The lowest BCUT2D eigenvalue weighted by Gasteiger charge is -2.08. The minimum Gasteiger partial charge on any atom is -0.455 e. The van der Waals surface area contributed by atoms with Gasteiger partial charge in [0.15, 0.2) is 6.61 Å². The third-order valence-corrected chi connectivity index (χ3v) is 4.78. The first-order valence-corrected chi connectivity index (χ1v) is 9.52. The number of halogens is 1. The number of benzene rings is 3. The van der Waals surface area contributed by atoms with E-state index >= 15 is 0 Å². The zero-order valence-corrected chi connectivity index (χ0v) is 15.3. The van der Waals surface area contributed by atoms with Crippen molar-refractivity contribution in [1.82, 2.24) is 0 Å². The number of anilines is 1. The summed E-state index contributed by atoms with van der Waals surface area (Å²) in [6.07, 6.45) is 0. The highest BCUT2D eigenvalue weighted by molar-refractivity contribution is 7.99. The minimum atomic E-state index is -0.462. The molecule has 0 fully saturated rings. The average Bonchev–Trinajstić information content (AvgIpc) is 2.68. The maximum atomic E-state index is 12.8. The van der Waals surface area contributed by atoms with Gasteiger partial charge in [0.1, 0.15) is 5.82 Å². The molecule has 0 radical (unpaired) electrons. The number of carbonyl (C=O) groups excluding carboxylic acids is 2. The van der Waals surface area contributed by atoms with E-state index in [1.807, 2.05) is 36.4 Å². The van der Waals surface area contributed by atoms with Crippen molar-refractivity contribution >= 4 is 40.1 Å². The first kappa shape index (κ1) is 18.9. The molecular weight excluding hydrogens is 365 g/mol. The number of ether oxygens (including phenoxy) is 1. The normalized spacial score (nSPS) is 10.6. The van der Waals surface area contributed by atoms with E-state index in [0.717, 1.165) is 16.3 Å². The molecule has 0 aliphatic carbocycles. The quantitative estimate of drug-likeness (QED) is 0.615. The molecule has 138 valence electrons. The molecule has 4 nitrogen and oxygen atoms in total. The smallest absolute Gasteiger partial charge is 0.316 e. The molecule has 3 rings (SSSR count). The van der Waals surface area contributed by atoms with Gasteiger partial charge in [-0.1, -0.05) is 42.5 Å². The van der Waals surface area contributed by atoms with Crippen LogP contribution in [0.4, 0.5) is 10.1 Å². The van der Waals surface area contributed by atoms with Gasteiger partial charge in [0.25, 0.3) is 5.91 Å². The molecule has 27 heavy (non-hydrogen) atoms. The van der Waals surface area contributed by atoms with Crippen LogP contribution in [0.5, 0.6) is 0 Å². The van der Waals surface area contributed by atoms with Crippen LogP contribution in [0, 0.1) is 5.82 Å². The number of esters is 1. The number of thioether (sulfide) groups is 1. The molecule has 0 spiro atoms. The Kier molecular flexibility index (Phi) is 6.44. The number of rotatable bonds is 7. The average molecular weight is 383 g/mol. The van der Waals surface area contributed by atoms with Gasteiger partial charge >= 0.3 is 5.97 Å². The van der Waals surface area contributed by atoms with Gasteiger partial charge in [-0.05, 0) is 40.6 Å². The summed E-state index contributed by atoms with van der Waals surface area (Å²) in [6, 6.07) is 19.5. The Labute approximate surface area is 160 Å². The molecular formula is C21H18FNO3S. The monoisotopic (exact) mass is 383 g/mol. The fourth-order valence-corrected chi connectivity index (χ4v) is 3.26. The number of hydrogen-bond donors (Lipinski definition) is 1. The van der Waals surface area contributed by atoms with E-state index in [4.69, 9.17) is 4.74 Å². The van der Waals surface area contributed by atoms with Crippen molar-refractivity contribution in [3.05, 3.63) is 78.1 Å². The zero-order chi connectivity index (χ0) is 19.1. The van der Waals surface area contributed by atoms with Crippen molar-refractivity contribution in [3.63, 3.8) is 0 Å². The van der Waals surface area contributed by atoms with Crippen LogP contribution in [-0.2, 0) is 20.1 Å². The van der Waals surface area contributed by atoms with E-state index in [1.54, 1.807) is 18.2 Å². The number of carbonyl (C=O) groups is 2. The Morgan fingerprint density at radius 2 is 1.70 bits per heavy atom. The Hall–Kier alpha value is -2.86. The van der Waals surface area contributed by atoms with Crippen molar-refractivity contribution < 1.29 is 18.7 Å². The summed E-state index contributed by atoms with van der Waals surface area (Å²) in [6.45, 7) is -0.331. The van der Waals surface area contributed by atoms with Crippen molar-refractivity contribution in [3.8, 4) is 0 Å². The Morgan fingerprint density at radius 1 is 0.963 bits per heavy atom. The molecule has 1 N–H and O–H groups in total. The summed E-state index contributed by atoms with van der Waals surface area (Å²) in [5.41, 5.74) is 1.57. The second-order valence-corrected chi connectivity index (χ2v) is 6.88. The number of hydrogen-bond acceptors (Lipinski definition) is 4. The first-order valence-electron chi connectivity index (χ1n) is 8.36. The Bertz CT molecular complexity index is 944. The van der Waals surface area contributed by atoms with Crippen LogP contribution in [0.3, 0.4) is 0 Å². The molecule has 0 aliphatic rings. The summed E-state index contributed by atoms with van der Waals surface area (Å²) in [7, 11) is 0. The van der Waals surface area contributed by atoms with Crippen LogP contribution in [0.25, 0.3) is 10.8 Å². The molecule has 0 unspecified atom stereocenters. The SMILES string of the molecule is O=C(COC(=O)CSCc1ccc(F)cc1)Nc1ccc2ccccc2c1. The molecule has 0 atom stereocenters. The molecule has 0 saturated carbocycles. The number of fused-ring (bicyclic) bond motifs is 1. The summed E-state index contributed by atoms with van der Waals surface area (Å²) in [5.74, 6) is -0.447. The topological polar surface area (TPSA) is 55.4 Å². The van der Waals surface area contributed by atoms with E-state index in [-0.39, 0.29) is 24.1 Å². The van der Waals surface area contributed by atoms with Gasteiger partial charge < -0.3 is 10.1 Å². The predicted molar refractivity (Wildman–Crippen MR) is 106 cm³/mol. The molecule has 0 aromatic heterocycles. The number of amides is 1. The fourth-order valence-electron chi connectivity index (χ4n) is 2.48. The maximum absolute atomic E-state index is 12.8. The van der Waals surface area contributed by atoms with Gasteiger partial charge in [-0.2, -0.15) is 0 Å². The lowest BCUT2D eigenvalue weighted by Crippen LogP contribution is -2.21. The molecule has 0 aliphatic heterocycles. The van der Waals surface area contributed by atoms with Crippen LogP contribution < -0.4 is 5.32 Å². The maximum Gasteiger partial charge on any atom is 0.316 e. The molecule has 0 heterocycles. The zero-order valence-electron chi connectivity index (χ0n) is 14.5. The van der Waals surface area contributed by atoms with E-state index in [1.165, 1.54) is 23.9 Å². The van der Waals surface area contributed by atoms with E-state index in [2.05, 4.69) is 5.32 Å². The highest BCUT2D eigenvalue weighted by Crippen LogP contribution is 2.18. The van der Waals surface area contributed by atoms with Crippen LogP contribution in [-0.4, -0.2) is 24.2 Å². The largest absolute Gasteiger partial charge is 0.455 e. The fraction of sp³-hybridized carbons (Fsp3) is 0.143. The van der Waals surface area contributed by atoms with Crippen molar-refractivity contribution in [1.29, 1.82) is 0 Å². The second kappa shape index (κ2) is 9.19. The van der Waals surface area contributed by atoms with Gasteiger partial charge in [0.2, 0.25) is 0 Å². The second-order valence-electron chi connectivity index (χ2n) is 5.89. The third-order valence-electron chi connectivity index (χ3n) is 3.80. The van der Waals surface area contributed by atoms with Crippen LogP contribution in [0.1, 0.15) is 5.56 Å². The lowest BCUT2D eigenvalue weighted by molar-refractivity contribution is -0.144. The molecule has 3 aromatic rings. The predicted octanol–water partition coefficient (Wildman–Crippen LogP) is 4.39. The van der Waals surface area contributed by atoms with Crippen LogP contribution in [0.15, 0.2) is 66.7 Å². The van der Waals surface area contributed by atoms with Crippen molar-refractivity contribution in [2.75, 3.05) is 17.7 Å². The Morgan fingerprint density at radius 3 is 2.48 bits per heavy atom. The summed E-state index contributed by atoms with van der Waals surface area (Å²) in [4.78, 5) is 23.7. The minimum absolute atomic E-state index is 0.126. The van der Waals surface area contributed by atoms with Crippen molar-refractivity contribution in [2.24, 2.45) is 0 Å². The molecule has 0 saturated heterocycles. The summed E-state index contributed by atoms with van der Waals surface area (Å²) < 4.78 is 17.8. The Balaban J connectivity index is 1.40. The molecule has 0 bridgehead atoms. The molecule has 1 amide bonds. The van der Waals surface area contributed by atoms with Gasteiger partial charge in [-0.25, -0.2) is 4.39 Å². The highest BCUT2D eigenvalue weighted by Gasteiger charge is 2.09. The van der Waals surface area contributed by atoms with Crippen molar-refractivity contribution in [2.45, 2.75) is 5.75 Å². The first-order chi connectivity index (χ1) is 13.1. The summed E-state index contributed by atoms with van der Waals surface area (Å²) in [5, 5.41) is 4.82. The van der Waals surface area contributed by atoms with Gasteiger partial charge in [-0.15, -0.1) is 11.8 Å². The van der Waals surface area contributed by atoms with E-state index < -0.39 is 5.97 Å². The van der Waals surface area contributed by atoms with Gasteiger partial charge in [0, 0.05) is 11.4 Å². The lowest BCUT2D eigenvalue weighted by atomic mass is 10.1. The standard InChI is InChI=1S/C21H18FNO3S/c22-18-8-5-15(6-9-18)13-27-14-21(25)26-12-20(24)23-19-10-7-16-3-1-2-4-17(16)11-19/h1-11H,12-14H2,(H,23,24). The number of nitrogens with one attached hydrogen (secondary N) is 1. The molecule has 3 aromatic carbocycles. The van der Waals surface area contributed by atoms with E-state index in [9.17, 15) is 14.0 Å². The van der Waals surface area contributed by atoms with Crippen LogP contribution in [0.2, 0.25) is 0 Å².